The number of carbonyl (C=O) groups excluding carboxylic acids is 3. The summed E-state index contributed by atoms with van der Waals surface area (Å²) in [4.78, 5) is 36.5. The van der Waals surface area contributed by atoms with Gasteiger partial charge in [-0.25, -0.2) is 0 Å². The van der Waals surface area contributed by atoms with Gasteiger partial charge in [0.1, 0.15) is 11.5 Å². The number of esters is 1. The summed E-state index contributed by atoms with van der Waals surface area (Å²) in [6, 6.07) is 1.47. The molecule has 2 aliphatic rings. The highest BCUT2D eigenvalue weighted by atomic mass is 32.2. The highest BCUT2D eigenvalue weighted by Crippen LogP contribution is 2.49. The lowest BCUT2D eigenvalue weighted by atomic mass is 9.86. The Kier molecular flexibility index (Phi) is 7.74. The molecule has 0 spiro atoms. The number of carbonyl (C=O) groups is 3. The minimum Gasteiger partial charge on any atom is -0.493 e. The second-order valence-corrected chi connectivity index (χ2v) is 8.72. The van der Waals surface area contributed by atoms with Crippen molar-refractivity contribution in [3.8, 4) is 11.5 Å². The standard InChI is InChI=1S/C22H26F3NO5S/c1-3-7-13-10-15-16(22(23,24)25)11-18(28)31-20(15)14(4-2)19(13)30-9-6-5-8-26-17(27)12-32-21(26)29/h10,16H,3-9,11-12H2,1-2H3. The average molecular weight is 474 g/mol. The Morgan fingerprint density at radius 1 is 1.22 bits per heavy atom. The molecule has 1 atom stereocenters. The monoisotopic (exact) mass is 473 g/mol. The Morgan fingerprint density at radius 2 is 1.97 bits per heavy atom. The van der Waals surface area contributed by atoms with Crippen LogP contribution in [0.4, 0.5) is 18.0 Å². The number of fused-ring (bicyclic) bond motifs is 1. The van der Waals surface area contributed by atoms with Crippen molar-refractivity contribution >= 4 is 28.9 Å². The number of thioether (sulfide) groups is 1. The SMILES string of the molecule is CCCc1cc2c(c(CC)c1OCCCCN1C(=O)CSC1=O)OC(=O)CC2C(F)(F)F. The number of hydrogen-bond donors (Lipinski definition) is 0. The van der Waals surface area contributed by atoms with Gasteiger partial charge in [0, 0.05) is 17.7 Å². The molecule has 0 N–H and O–H groups in total. The average Bonchev–Trinajstić information content (AvgIpc) is 3.04. The Morgan fingerprint density at radius 3 is 2.56 bits per heavy atom. The van der Waals surface area contributed by atoms with Crippen molar-refractivity contribution in [1.82, 2.24) is 4.90 Å². The predicted octanol–water partition coefficient (Wildman–Crippen LogP) is 5.01. The van der Waals surface area contributed by atoms with Crippen molar-refractivity contribution in [1.29, 1.82) is 0 Å². The molecule has 0 aliphatic carbocycles. The third-order valence-electron chi connectivity index (χ3n) is 5.52. The maximum absolute atomic E-state index is 13.6. The molecule has 10 heteroatoms. The maximum atomic E-state index is 13.6. The van der Waals surface area contributed by atoms with Crippen LogP contribution in [-0.4, -0.2) is 47.1 Å². The summed E-state index contributed by atoms with van der Waals surface area (Å²) < 4.78 is 52.1. The number of amides is 2. The lowest BCUT2D eigenvalue weighted by Crippen LogP contribution is -2.31. The van der Waals surface area contributed by atoms with Gasteiger partial charge in [-0.3, -0.25) is 19.3 Å². The predicted molar refractivity (Wildman–Crippen MR) is 113 cm³/mol. The first-order valence-corrected chi connectivity index (χ1v) is 11.7. The zero-order valence-electron chi connectivity index (χ0n) is 18.0. The van der Waals surface area contributed by atoms with E-state index in [0.29, 0.717) is 55.5 Å². The maximum Gasteiger partial charge on any atom is 0.396 e. The number of nitrogens with zero attached hydrogens (tertiary/aromatic N) is 1. The van der Waals surface area contributed by atoms with Crippen LogP contribution in [0.5, 0.6) is 11.5 Å². The van der Waals surface area contributed by atoms with Gasteiger partial charge in [-0.15, -0.1) is 0 Å². The molecule has 1 fully saturated rings. The Labute approximate surface area is 188 Å². The zero-order chi connectivity index (χ0) is 23.5. The van der Waals surface area contributed by atoms with Gasteiger partial charge in [0.2, 0.25) is 5.91 Å². The zero-order valence-corrected chi connectivity index (χ0v) is 18.9. The van der Waals surface area contributed by atoms with Crippen LogP contribution >= 0.6 is 11.8 Å². The van der Waals surface area contributed by atoms with Crippen molar-refractivity contribution < 1.29 is 37.0 Å². The molecule has 0 aromatic heterocycles. The van der Waals surface area contributed by atoms with Crippen LogP contribution in [0.1, 0.15) is 62.1 Å². The number of aryl methyl sites for hydroxylation is 1. The van der Waals surface area contributed by atoms with E-state index in [-0.39, 0.29) is 34.8 Å². The van der Waals surface area contributed by atoms with Crippen molar-refractivity contribution in [2.75, 3.05) is 18.9 Å². The number of ether oxygens (including phenoxy) is 2. The van der Waals surface area contributed by atoms with Gasteiger partial charge in [-0.05, 0) is 37.3 Å². The van der Waals surface area contributed by atoms with Gasteiger partial charge in [0.05, 0.1) is 24.7 Å². The highest BCUT2D eigenvalue weighted by molar-refractivity contribution is 8.14. The number of rotatable bonds is 9. The van der Waals surface area contributed by atoms with Crippen molar-refractivity contribution in [3.63, 3.8) is 0 Å². The fourth-order valence-corrected chi connectivity index (χ4v) is 4.74. The second kappa shape index (κ2) is 10.1. The molecule has 2 amide bonds. The summed E-state index contributed by atoms with van der Waals surface area (Å²) in [6.07, 6.45) is -2.57. The molecule has 176 valence electrons. The van der Waals surface area contributed by atoms with E-state index < -0.39 is 24.5 Å². The van der Waals surface area contributed by atoms with Crippen molar-refractivity contribution in [3.05, 3.63) is 22.8 Å². The lowest BCUT2D eigenvalue weighted by Gasteiger charge is -2.30. The molecular weight excluding hydrogens is 447 g/mol. The number of benzene rings is 1. The molecule has 1 aromatic carbocycles. The summed E-state index contributed by atoms with van der Waals surface area (Å²) in [5, 5.41) is -0.245. The van der Waals surface area contributed by atoms with Crippen LogP contribution in [-0.2, 0) is 22.4 Å². The highest BCUT2D eigenvalue weighted by Gasteiger charge is 2.47. The van der Waals surface area contributed by atoms with Crippen LogP contribution in [0.15, 0.2) is 6.07 Å². The number of hydrogen-bond acceptors (Lipinski definition) is 6. The van der Waals surface area contributed by atoms with E-state index in [1.54, 1.807) is 6.92 Å². The number of halogens is 3. The first-order chi connectivity index (χ1) is 15.2. The van der Waals surface area contributed by atoms with Crippen LogP contribution < -0.4 is 9.47 Å². The van der Waals surface area contributed by atoms with Crippen molar-refractivity contribution in [2.24, 2.45) is 0 Å². The third kappa shape index (κ3) is 5.22. The lowest BCUT2D eigenvalue weighted by molar-refractivity contribution is -0.166. The molecule has 6 nitrogen and oxygen atoms in total. The van der Waals surface area contributed by atoms with Crippen LogP contribution in [0, 0.1) is 0 Å². The Balaban J connectivity index is 1.79. The van der Waals surface area contributed by atoms with Crippen molar-refractivity contribution in [2.45, 2.75) is 64.5 Å². The van der Waals surface area contributed by atoms with Crippen LogP contribution in [0.2, 0.25) is 0 Å². The number of unbranched alkanes of at least 4 members (excludes halogenated alkanes) is 1. The first kappa shape index (κ1) is 24.4. The number of alkyl halides is 3. The minimum absolute atomic E-state index is 0.00620. The normalized spacial score (nSPS) is 18.7. The molecule has 1 unspecified atom stereocenters. The minimum atomic E-state index is -4.55. The Bertz CT molecular complexity index is 887. The molecule has 2 aliphatic heterocycles. The van der Waals surface area contributed by atoms with Gasteiger partial charge in [0.15, 0.2) is 0 Å². The molecule has 0 bridgehead atoms. The van der Waals surface area contributed by atoms with Gasteiger partial charge < -0.3 is 9.47 Å². The first-order valence-electron chi connectivity index (χ1n) is 10.7. The fourth-order valence-electron chi connectivity index (χ4n) is 3.99. The fraction of sp³-hybridized carbons (Fsp3) is 0.591. The van der Waals surface area contributed by atoms with E-state index in [2.05, 4.69) is 0 Å². The molecular formula is C22H26F3NO5S. The van der Waals surface area contributed by atoms with E-state index in [0.717, 1.165) is 11.8 Å². The summed E-state index contributed by atoms with van der Waals surface area (Å²) in [7, 11) is 0. The quantitative estimate of drug-likeness (QED) is 0.285. The molecule has 1 saturated heterocycles. The van der Waals surface area contributed by atoms with Gasteiger partial charge in [-0.2, -0.15) is 13.2 Å². The van der Waals surface area contributed by atoms with Gasteiger partial charge >= 0.3 is 12.1 Å². The number of imide groups is 1. The topological polar surface area (TPSA) is 72.9 Å². The molecule has 0 saturated carbocycles. The molecule has 0 radical (unpaired) electrons. The van der Waals surface area contributed by atoms with E-state index in [1.165, 1.54) is 11.0 Å². The van der Waals surface area contributed by atoms with E-state index in [4.69, 9.17) is 9.47 Å². The summed E-state index contributed by atoms with van der Waals surface area (Å²) in [5.41, 5.74) is 1.12. The largest absolute Gasteiger partial charge is 0.493 e. The smallest absolute Gasteiger partial charge is 0.396 e. The van der Waals surface area contributed by atoms with E-state index in [9.17, 15) is 27.6 Å². The third-order valence-corrected chi connectivity index (χ3v) is 6.38. The van der Waals surface area contributed by atoms with Crippen LogP contribution in [0.25, 0.3) is 0 Å². The summed E-state index contributed by atoms with van der Waals surface area (Å²) in [5.74, 6) is -2.39. The van der Waals surface area contributed by atoms with Gasteiger partial charge in [-0.1, -0.05) is 32.0 Å². The summed E-state index contributed by atoms with van der Waals surface area (Å²) >= 11 is 0.986. The van der Waals surface area contributed by atoms with Gasteiger partial charge in [0.25, 0.3) is 5.24 Å². The molecule has 3 rings (SSSR count). The molecule has 32 heavy (non-hydrogen) atoms. The van der Waals surface area contributed by atoms with E-state index >= 15 is 0 Å². The Hall–Kier alpha value is -2.23. The summed E-state index contributed by atoms with van der Waals surface area (Å²) in [6.45, 7) is 4.29. The molecule has 1 aromatic rings. The van der Waals surface area contributed by atoms with E-state index in [1.807, 2.05) is 6.92 Å². The van der Waals surface area contributed by atoms with Crippen LogP contribution in [0.3, 0.4) is 0 Å². The second-order valence-electron chi connectivity index (χ2n) is 7.79. The molecule has 2 heterocycles.